The van der Waals surface area contributed by atoms with E-state index >= 15 is 0 Å². The second-order valence-corrected chi connectivity index (χ2v) is 5.90. The summed E-state index contributed by atoms with van der Waals surface area (Å²) < 4.78 is 0. The zero-order chi connectivity index (χ0) is 15.7. The van der Waals surface area contributed by atoms with Crippen LogP contribution in [-0.4, -0.2) is 16.7 Å². The lowest BCUT2D eigenvalue weighted by molar-refractivity contribution is -0.120. The van der Waals surface area contributed by atoms with Gasteiger partial charge in [0.15, 0.2) is 17.3 Å². The normalized spacial score (nSPS) is 24.9. The van der Waals surface area contributed by atoms with Gasteiger partial charge in [0.2, 0.25) is 0 Å². The summed E-state index contributed by atoms with van der Waals surface area (Å²) in [6, 6.07) is 6.68. The molecule has 2 aliphatic rings. The number of allylic oxidation sites excluding steroid dienone is 2. The Morgan fingerprint density at radius 3 is 2.32 bits per heavy atom. The highest BCUT2D eigenvalue weighted by Crippen LogP contribution is 2.43. The van der Waals surface area contributed by atoms with E-state index in [9.17, 15) is 14.7 Å². The maximum Gasteiger partial charge on any atom is 0.190 e. The Hall–Kier alpha value is -2.30. The maximum absolute atomic E-state index is 12.3. The van der Waals surface area contributed by atoms with Crippen LogP contribution in [0, 0.1) is 11.8 Å². The first-order chi connectivity index (χ1) is 10.6. The van der Waals surface area contributed by atoms with Crippen molar-refractivity contribution in [1.82, 2.24) is 0 Å². The van der Waals surface area contributed by atoms with Crippen LogP contribution < -0.4 is 0 Å². The van der Waals surface area contributed by atoms with Crippen molar-refractivity contribution in [3.63, 3.8) is 0 Å². The molecule has 22 heavy (non-hydrogen) atoms. The van der Waals surface area contributed by atoms with Gasteiger partial charge in [-0.1, -0.05) is 12.8 Å². The first kappa shape index (κ1) is 14.6. The molecule has 0 aromatic heterocycles. The topological polar surface area (TPSA) is 79.1 Å². The Kier molecular flexibility index (Phi) is 3.88. The monoisotopic (exact) mass is 298 g/mol. The first-order valence-corrected chi connectivity index (χ1v) is 7.58. The van der Waals surface area contributed by atoms with Gasteiger partial charge in [-0.25, -0.2) is 0 Å². The van der Waals surface area contributed by atoms with Gasteiger partial charge in [0.25, 0.3) is 0 Å². The smallest absolute Gasteiger partial charge is 0.190 e. The van der Waals surface area contributed by atoms with Crippen molar-refractivity contribution < 1.29 is 14.7 Å². The summed E-state index contributed by atoms with van der Waals surface area (Å²) in [7, 11) is 0. The largest absolute Gasteiger partial charge is 0.510 e. The van der Waals surface area contributed by atoms with E-state index in [1.165, 1.54) is 6.92 Å². The SMILES string of the molecule is CC(=O)c1ccc(N=NC2=C(O)C3CCCCC3C2=O)cc1. The predicted molar refractivity (Wildman–Crippen MR) is 81.1 cm³/mol. The predicted octanol–water partition coefficient (Wildman–Crippen LogP) is 4.13. The van der Waals surface area contributed by atoms with E-state index in [0.29, 0.717) is 11.3 Å². The number of azo groups is 1. The molecule has 1 saturated carbocycles. The molecule has 0 heterocycles. The number of aliphatic hydroxyl groups excluding tert-OH is 1. The van der Waals surface area contributed by atoms with Crippen molar-refractivity contribution in [1.29, 1.82) is 0 Å². The van der Waals surface area contributed by atoms with Crippen molar-refractivity contribution in [2.24, 2.45) is 22.1 Å². The number of carbonyl (C=O) groups is 2. The molecule has 0 amide bonds. The van der Waals surface area contributed by atoms with Crippen LogP contribution in [0.4, 0.5) is 5.69 Å². The Morgan fingerprint density at radius 2 is 1.73 bits per heavy atom. The zero-order valence-electron chi connectivity index (χ0n) is 12.5. The van der Waals surface area contributed by atoms with Crippen LogP contribution in [0.5, 0.6) is 0 Å². The molecule has 3 rings (SSSR count). The minimum Gasteiger partial charge on any atom is -0.510 e. The van der Waals surface area contributed by atoms with Gasteiger partial charge in [-0.3, -0.25) is 9.59 Å². The van der Waals surface area contributed by atoms with E-state index in [-0.39, 0.29) is 34.9 Å². The number of aliphatic hydroxyl groups is 1. The maximum atomic E-state index is 12.3. The minimum atomic E-state index is -0.122. The van der Waals surface area contributed by atoms with Crippen LogP contribution >= 0.6 is 0 Å². The molecule has 5 nitrogen and oxygen atoms in total. The number of Topliss-reactive ketones (excluding diaryl/α,β-unsaturated/α-hetero) is 2. The number of nitrogens with zero attached hydrogens (tertiary/aromatic N) is 2. The van der Waals surface area contributed by atoms with Crippen molar-refractivity contribution in [3.05, 3.63) is 41.3 Å². The lowest BCUT2D eigenvalue weighted by atomic mass is 9.80. The second-order valence-electron chi connectivity index (χ2n) is 5.90. The average molecular weight is 298 g/mol. The fourth-order valence-electron chi connectivity index (χ4n) is 3.22. The molecule has 114 valence electrons. The van der Waals surface area contributed by atoms with Gasteiger partial charge in [-0.05, 0) is 44.0 Å². The Bertz CT molecular complexity index is 674. The van der Waals surface area contributed by atoms with E-state index in [1.54, 1.807) is 24.3 Å². The molecular formula is C17H18N2O3. The molecule has 0 radical (unpaired) electrons. The van der Waals surface area contributed by atoms with Crippen LogP contribution in [0.2, 0.25) is 0 Å². The summed E-state index contributed by atoms with van der Waals surface area (Å²) in [6.07, 6.45) is 3.72. The van der Waals surface area contributed by atoms with Crippen LogP contribution in [0.25, 0.3) is 0 Å². The third-order valence-corrected chi connectivity index (χ3v) is 4.47. The number of rotatable bonds is 3. The Balaban J connectivity index is 1.81. The molecule has 2 unspecified atom stereocenters. The van der Waals surface area contributed by atoms with Crippen LogP contribution in [0.1, 0.15) is 43.0 Å². The molecule has 2 atom stereocenters. The molecule has 5 heteroatoms. The molecule has 1 aromatic rings. The molecule has 1 N–H and O–H groups in total. The lowest BCUT2D eigenvalue weighted by Gasteiger charge is -2.23. The zero-order valence-corrected chi connectivity index (χ0v) is 12.5. The van der Waals surface area contributed by atoms with E-state index < -0.39 is 0 Å². The molecule has 1 fully saturated rings. The average Bonchev–Trinajstić information content (AvgIpc) is 2.78. The first-order valence-electron chi connectivity index (χ1n) is 7.58. The highest BCUT2D eigenvalue weighted by molar-refractivity contribution is 6.00. The molecule has 1 aromatic carbocycles. The van der Waals surface area contributed by atoms with Gasteiger partial charge >= 0.3 is 0 Å². The number of fused-ring (bicyclic) bond motifs is 1. The highest BCUT2D eigenvalue weighted by atomic mass is 16.3. The molecule has 0 spiro atoms. The summed E-state index contributed by atoms with van der Waals surface area (Å²) in [5.41, 5.74) is 1.25. The number of hydrogen-bond donors (Lipinski definition) is 1. The quantitative estimate of drug-likeness (QED) is 0.673. The standard InChI is InChI=1S/C17H18N2O3/c1-10(20)11-6-8-12(9-7-11)18-19-15-16(21)13-4-2-3-5-14(13)17(15)22/h6-9,13-14,21H,2-5H2,1H3. The number of ketones is 2. The fourth-order valence-corrected chi connectivity index (χ4v) is 3.22. The minimum absolute atomic E-state index is 0.0149. The molecular weight excluding hydrogens is 280 g/mol. The Labute approximate surface area is 128 Å². The van der Waals surface area contributed by atoms with Crippen LogP contribution in [0.3, 0.4) is 0 Å². The summed E-state index contributed by atoms with van der Waals surface area (Å²) in [4.78, 5) is 23.5. The van der Waals surface area contributed by atoms with E-state index in [4.69, 9.17) is 0 Å². The van der Waals surface area contributed by atoms with E-state index in [0.717, 1.165) is 25.7 Å². The van der Waals surface area contributed by atoms with Crippen molar-refractivity contribution in [2.45, 2.75) is 32.6 Å². The fraction of sp³-hybridized carbons (Fsp3) is 0.412. The second kappa shape index (κ2) is 5.83. The van der Waals surface area contributed by atoms with Gasteiger partial charge in [0.1, 0.15) is 5.76 Å². The van der Waals surface area contributed by atoms with Crippen molar-refractivity contribution in [2.75, 3.05) is 0 Å². The molecule has 0 saturated heterocycles. The molecule has 0 bridgehead atoms. The lowest BCUT2D eigenvalue weighted by Crippen LogP contribution is -2.21. The van der Waals surface area contributed by atoms with Gasteiger partial charge in [-0.15, -0.1) is 5.11 Å². The number of hydrogen-bond acceptors (Lipinski definition) is 5. The van der Waals surface area contributed by atoms with Gasteiger partial charge in [-0.2, -0.15) is 5.11 Å². The molecule has 0 aliphatic heterocycles. The van der Waals surface area contributed by atoms with Crippen LogP contribution in [-0.2, 0) is 4.79 Å². The summed E-state index contributed by atoms with van der Waals surface area (Å²) in [5.74, 6) is -0.206. The number of carbonyl (C=O) groups excluding carboxylic acids is 2. The van der Waals surface area contributed by atoms with E-state index in [2.05, 4.69) is 10.2 Å². The van der Waals surface area contributed by atoms with Gasteiger partial charge in [0.05, 0.1) is 5.69 Å². The summed E-state index contributed by atoms with van der Waals surface area (Å²) >= 11 is 0. The number of benzene rings is 1. The third-order valence-electron chi connectivity index (χ3n) is 4.47. The van der Waals surface area contributed by atoms with Gasteiger partial charge in [0, 0.05) is 17.4 Å². The van der Waals surface area contributed by atoms with Crippen LogP contribution in [0.15, 0.2) is 46.0 Å². The summed E-state index contributed by atoms with van der Waals surface area (Å²) in [5, 5.41) is 18.2. The van der Waals surface area contributed by atoms with Crippen molar-refractivity contribution in [3.8, 4) is 0 Å². The van der Waals surface area contributed by atoms with E-state index in [1.807, 2.05) is 0 Å². The Morgan fingerprint density at radius 1 is 1.09 bits per heavy atom. The van der Waals surface area contributed by atoms with Gasteiger partial charge < -0.3 is 5.11 Å². The highest BCUT2D eigenvalue weighted by Gasteiger charge is 2.43. The summed E-state index contributed by atoms with van der Waals surface area (Å²) in [6.45, 7) is 1.50. The third kappa shape index (κ3) is 2.58. The van der Waals surface area contributed by atoms with Crippen molar-refractivity contribution >= 4 is 17.3 Å². The molecule has 2 aliphatic carbocycles.